The van der Waals surface area contributed by atoms with Gasteiger partial charge in [0, 0.05) is 44.1 Å². The highest BCUT2D eigenvalue weighted by molar-refractivity contribution is 5.83. The van der Waals surface area contributed by atoms with Crippen LogP contribution in [0.5, 0.6) is 11.5 Å². The van der Waals surface area contributed by atoms with Gasteiger partial charge in [-0.25, -0.2) is 4.79 Å². The molecule has 208 valence electrons. The van der Waals surface area contributed by atoms with Crippen molar-refractivity contribution in [2.45, 2.75) is 57.0 Å². The van der Waals surface area contributed by atoms with Crippen LogP contribution in [0.15, 0.2) is 42.5 Å². The van der Waals surface area contributed by atoms with Crippen molar-refractivity contribution in [2.24, 2.45) is 11.8 Å². The molecule has 4 atom stereocenters. The second-order valence-electron chi connectivity index (χ2n) is 10.5. The molecule has 2 heterocycles. The summed E-state index contributed by atoms with van der Waals surface area (Å²) in [6.45, 7) is 5.54. The fourth-order valence-corrected chi connectivity index (χ4v) is 5.99. The molecule has 0 amide bonds. The lowest BCUT2D eigenvalue weighted by atomic mass is 9.79. The third kappa shape index (κ3) is 5.10. The summed E-state index contributed by atoms with van der Waals surface area (Å²) in [5, 5.41) is 0. The maximum absolute atomic E-state index is 14.5. The first-order valence-corrected chi connectivity index (χ1v) is 12.9. The number of hydrogen-bond acceptors (Lipinski definition) is 6. The lowest BCUT2D eigenvalue weighted by Crippen LogP contribution is -2.55. The molecule has 9 heteroatoms. The van der Waals surface area contributed by atoms with E-state index in [2.05, 4.69) is 18.7 Å². The lowest BCUT2D eigenvalue weighted by Gasteiger charge is -2.47. The quantitative estimate of drug-likeness (QED) is 0.405. The zero-order valence-electron chi connectivity index (χ0n) is 22.5. The number of piperidine rings is 1. The molecular formula is C29H36F3NO5. The number of halogens is 3. The lowest BCUT2D eigenvalue weighted by molar-refractivity contribution is -0.280. The molecule has 0 saturated carbocycles. The van der Waals surface area contributed by atoms with Gasteiger partial charge in [-0.1, -0.05) is 44.2 Å². The Kier molecular flexibility index (Phi) is 8.28. The van der Waals surface area contributed by atoms with Crippen LogP contribution in [0.4, 0.5) is 13.2 Å². The first-order chi connectivity index (χ1) is 18.0. The Morgan fingerprint density at radius 3 is 2.29 bits per heavy atom. The number of nitrogens with zero attached hydrogens (tertiary/aromatic N) is 1. The molecule has 0 unspecified atom stereocenters. The van der Waals surface area contributed by atoms with Crippen LogP contribution in [0.2, 0.25) is 0 Å². The summed E-state index contributed by atoms with van der Waals surface area (Å²) in [6.07, 6.45) is -3.82. The molecule has 2 aromatic rings. The zero-order valence-corrected chi connectivity index (χ0v) is 22.5. The standard InChI is InChI=1S/C29H36F3NO5/c1-18(2)13-20-17-33-12-11-19-14-25(35-3)26(36-4)15-22(19)23(33)16-24(20)38-27(34)28(37-5,29(30,31)32)21-9-7-6-8-10-21/h6-10,14-15,18,20,23-24H,11-13,16-17H2,1-5H3/t20-,23+,24-,28+/m1/s1. The number of alkyl halides is 3. The van der Waals surface area contributed by atoms with Gasteiger partial charge in [-0.3, -0.25) is 4.90 Å². The van der Waals surface area contributed by atoms with Gasteiger partial charge in [-0.15, -0.1) is 0 Å². The summed E-state index contributed by atoms with van der Waals surface area (Å²) < 4.78 is 65.4. The average molecular weight is 536 g/mol. The van der Waals surface area contributed by atoms with E-state index in [1.807, 2.05) is 12.1 Å². The van der Waals surface area contributed by atoms with E-state index < -0.39 is 23.9 Å². The normalized spacial score (nSPS) is 23.2. The number of carbonyl (C=O) groups excluding carboxylic acids is 1. The predicted molar refractivity (Wildman–Crippen MR) is 136 cm³/mol. The zero-order chi connectivity index (χ0) is 27.7. The number of benzene rings is 2. The Hall–Kier alpha value is -2.78. The third-order valence-corrected chi connectivity index (χ3v) is 7.77. The maximum atomic E-state index is 14.5. The molecule has 0 aromatic heterocycles. The second-order valence-corrected chi connectivity index (χ2v) is 10.5. The molecule has 1 fully saturated rings. The number of esters is 1. The van der Waals surface area contributed by atoms with Gasteiger partial charge >= 0.3 is 12.1 Å². The van der Waals surface area contributed by atoms with Crippen LogP contribution in [-0.2, 0) is 26.3 Å². The highest BCUT2D eigenvalue weighted by Gasteiger charge is 2.64. The largest absolute Gasteiger partial charge is 0.493 e. The summed E-state index contributed by atoms with van der Waals surface area (Å²) in [5.41, 5.74) is -1.40. The average Bonchev–Trinajstić information content (AvgIpc) is 2.88. The van der Waals surface area contributed by atoms with Crippen molar-refractivity contribution in [3.63, 3.8) is 0 Å². The van der Waals surface area contributed by atoms with Crippen LogP contribution in [0.3, 0.4) is 0 Å². The first-order valence-electron chi connectivity index (χ1n) is 12.9. The molecule has 2 aliphatic rings. The molecule has 2 aromatic carbocycles. The van der Waals surface area contributed by atoms with E-state index in [9.17, 15) is 18.0 Å². The van der Waals surface area contributed by atoms with Crippen LogP contribution < -0.4 is 9.47 Å². The number of carbonyl (C=O) groups is 1. The highest BCUT2D eigenvalue weighted by atomic mass is 19.4. The Morgan fingerprint density at radius 1 is 1.05 bits per heavy atom. The monoisotopic (exact) mass is 535 g/mol. The van der Waals surface area contributed by atoms with Crippen LogP contribution in [-0.4, -0.2) is 57.6 Å². The van der Waals surface area contributed by atoms with Crippen molar-refractivity contribution < 1.29 is 36.9 Å². The minimum absolute atomic E-state index is 0.115. The van der Waals surface area contributed by atoms with Gasteiger partial charge in [-0.05, 0) is 42.0 Å². The molecule has 0 bridgehead atoms. The minimum atomic E-state index is -5.02. The number of hydrogen-bond donors (Lipinski definition) is 0. The molecule has 2 aliphatic heterocycles. The fraction of sp³-hybridized carbons (Fsp3) is 0.552. The van der Waals surface area contributed by atoms with Gasteiger partial charge in [0.1, 0.15) is 6.10 Å². The smallest absolute Gasteiger partial charge is 0.432 e. The van der Waals surface area contributed by atoms with Gasteiger partial charge in [0.2, 0.25) is 0 Å². The van der Waals surface area contributed by atoms with Gasteiger partial charge in [0.05, 0.1) is 14.2 Å². The van der Waals surface area contributed by atoms with Crippen molar-refractivity contribution in [3.8, 4) is 11.5 Å². The molecule has 0 N–H and O–H groups in total. The van der Waals surface area contributed by atoms with Crippen molar-refractivity contribution in [3.05, 3.63) is 59.2 Å². The molecule has 0 spiro atoms. The van der Waals surface area contributed by atoms with Crippen molar-refractivity contribution in [1.29, 1.82) is 0 Å². The van der Waals surface area contributed by atoms with Crippen LogP contribution in [0, 0.1) is 11.8 Å². The summed E-state index contributed by atoms with van der Waals surface area (Å²) in [7, 11) is 4.05. The first kappa shape index (κ1) is 28.2. The van der Waals surface area contributed by atoms with E-state index in [-0.39, 0.29) is 23.4 Å². The molecule has 0 aliphatic carbocycles. The van der Waals surface area contributed by atoms with Crippen molar-refractivity contribution >= 4 is 5.97 Å². The van der Waals surface area contributed by atoms with Gasteiger partial charge < -0.3 is 18.9 Å². The van der Waals surface area contributed by atoms with Gasteiger partial charge in [-0.2, -0.15) is 13.2 Å². The molecule has 1 saturated heterocycles. The van der Waals surface area contributed by atoms with E-state index in [0.717, 1.165) is 37.6 Å². The van der Waals surface area contributed by atoms with E-state index in [1.165, 1.54) is 24.3 Å². The van der Waals surface area contributed by atoms with Gasteiger partial charge in [0.15, 0.2) is 11.5 Å². The highest BCUT2D eigenvalue weighted by Crippen LogP contribution is 2.47. The predicted octanol–water partition coefficient (Wildman–Crippen LogP) is 5.69. The van der Waals surface area contributed by atoms with E-state index >= 15 is 0 Å². The van der Waals surface area contributed by atoms with E-state index in [4.69, 9.17) is 18.9 Å². The Labute approximate surface area is 222 Å². The van der Waals surface area contributed by atoms with E-state index in [0.29, 0.717) is 24.5 Å². The Bertz CT molecular complexity index is 1120. The van der Waals surface area contributed by atoms with Gasteiger partial charge in [0.25, 0.3) is 5.60 Å². The molecule has 38 heavy (non-hydrogen) atoms. The van der Waals surface area contributed by atoms with Crippen LogP contribution in [0.25, 0.3) is 0 Å². The molecule has 6 nitrogen and oxygen atoms in total. The molecule has 4 rings (SSSR count). The number of fused-ring (bicyclic) bond motifs is 3. The summed E-state index contributed by atoms with van der Waals surface area (Å²) in [4.78, 5) is 15.9. The SMILES string of the molecule is COc1cc2c(cc1OC)[C@@H]1C[C@@H](OC(=O)[C@@](OC)(c3ccccc3)C(F)(F)F)[C@H](CC(C)C)CN1CC2. The topological polar surface area (TPSA) is 57.2 Å². The van der Waals surface area contributed by atoms with Crippen LogP contribution in [0.1, 0.15) is 49.4 Å². The summed E-state index contributed by atoms with van der Waals surface area (Å²) in [5.74, 6) is -0.0487. The molecular weight excluding hydrogens is 499 g/mol. The van der Waals surface area contributed by atoms with Crippen molar-refractivity contribution in [2.75, 3.05) is 34.4 Å². The number of rotatable bonds is 8. The maximum Gasteiger partial charge on any atom is 0.432 e. The van der Waals surface area contributed by atoms with E-state index in [1.54, 1.807) is 20.3 Å². The summed E-state index contributed by atoms with van der Waals surface area (Å²) in [6, 6.07) is 10.7. The minimum Gasteiger partial charge on any atom is -0.493 e. The Morgan fingerprint density at radius 2 is 1.71 bits per heavy atom. The number of ether oxygens (including phenoxy) is 4. The number of methoxy groups -OCH3 is 3. The fourth-order valence-electron chi connectivity index (χ4n) is 5.99. The molecule has 0 radical (unpaired) electrons. The summed E-state index contributed by atoms with van der Waals surface area (Å²) >= 11 is 0. The third-order valence-electron chi connectivity index (χ3n) is 7.77. The second kappa shape index (κ2) is 11.1. The van der Waals surface area contributed by atoms with Crippen molar-refractivity contribution in [1.82, 2.24) is 4.90 Å². The van der Waals surface area contributed by atoms with Crippen LogP contribution >= 0.6 is 0 Å². The Balaban J connectivity index is 1.70.